The van der Waals surface area contributed by atoms with E-state index in [9.17, 15) is 0 Å². The van der Waals surface area contributed by atoms with Crippen LogP contribution in [0, 0.1) is 6.92 Å². The molecule has 4 nitrogen and oxygen atoms in total. The zero-order valence-electron chi connectivity index (χ0n) is 12.3. The van der Waals surface area contributed by atoms with E-state index >= 15 is 0 Å². The van der Waals surface area contributed by atoms with Crippen LogP contribution in [0.15, 0.2) is 68.6 Å². The molecule has 0 unspecified atom stereocenters. The Morgan fingerprint density at radius 1 is 1.18 bits per heavy atom. The number of aryl methyl sites for hydroxylation is 1. The summed E-state index contributed by atoms with van der Waals surface area (Å²) in [5, 5.41) is 6.50. The van der Waals surface area contributed by atoms with E-state index in [-0.39, 0.29) is 0 Å². The van der Waals surface area contributed by atoms with Gasteiger partial charge in [0.05, 0.1) is 18.2 Å². The summed E-state index contributed by atoms with van der Waals surface area (Å²) in [5.74, 6) is 0.730. The standard InChI is InChI=1S/C17H17N3OS/c1-14-13-22-17(18-10-9-15-6-3-2-4-7-15)20(14)19-12-16-8-5-11-21-16/h2-8,11-13H,9-10H2,1H3. The van der Waals surface area contributed by atoms with Crippen molar-refractivity contribution in [3.05, 3.63) is 75.9 Å². The van der Waals surface area contributed by atoms with Crippen molar-refractivity contribution < 1.29 is 4.42 Å². The van der Waals surface area contributed by atoms with Gasteiger partial charge in [-0.1, -0.05) is 30.3 Å². The molecule has 0 N–H and O–H groups in total. The molecule has 0 fully saturated rings. The highest BCUT2D eigenvalue weighted by Gasteiger charge is 1.99. The number of rotatable bonds is 5. The molecule has 2 aromatic heterocycles. The Morgan fingerprint density at radius 3 is 2.82 bits per heavy atom. The second-order valence-corrected chi connectivity index (χ2v) is 5.69. The predicted molar refractivity (Wildman–Crippen MR) is 89.3 cm³/mol. The lowest BCUT2D eigenvalue weighted by Crippen LogP contribution is -2.13. The van der Waals surface area contributed by atoms with E-state index in [0.29, 0.717) is 0 Å². The Labute approximate surface area is 133 Å². The zero-order valence-corrected chi connectivity index (χ0v) is 13.2. The highest BCUT2D eigenvalue weighted by Crippen LogP contribution is 2.02. The molecule has 1 aromatic carbocycles. The number of aromatic nitrogens is 1. The number of furan rings is 1. The number of hydrogen-bond donors (Lipinski definition) is 0. The van der Waals surface area contributed by atoms with E-state index in [2.05, 4.69) is 39.7 Å². The molecule has 0 atom stereocenters. The van der Waals surface area contributed by atoms with Crippen LogP contribution < -0.4 is 4.80 Å². The second kappa shape index (κ2) is 7.04. The number of thiazole rings is 1. The molecular weight excluding hydrogens is 294 g/mol. The van der Waals surface area contributed by atoms with Gasteiger partial charge in [-0.2, -0.15) is 5.10 Å². The van der Waals surface area contributed by atoms with Gasteiger partial charge < -0.3 is 4.42 Å². The topological polar surface area (TPSA) is 42.8 Å². The largest absolute Gasteiger partial charge is 0.463 e. The van der Waals surface area contributed by atoms with Crippen LogP contribution in [-0.2, 0) is 6.42 Å². The minimum absolute atomic E-state index is 0.730. The van der Waals surface area contributed by atoms with E-state index < -0.39 is 0 Å². The fourth-order valence-corrected chi connectivity index (χ4v) is 2.87. The third-order valence-electron chi connectivity index (χ3n) is 3.18. The molecular formula is C17H17N3OS. The van der Waals surface area contributed by atoms with Gasteiger partial charge in [0.25, 0.3) is 0 Å². The van der Waals surface area contributed by atoms with Crippen LogP contribution >= 0.6 is 11.3 Å². The van der Waals surface area contributed by atoms with Gasteiger partial charge in [0.15, 0.2) is 0 Å². The highest BCUT2D eigenvalue weighted by molar-refractivity contribution is 7.07. The summed E-state index contributed by atoms with van der Waals surface area (Å²) in [4.78, 5) is 5.56. The summed E-state index contributed by atoms with van der Waals surface area (Å²) >= 11 is 1.60. The second-order valence-electron chi connectivity index (χ2n) is 4.85. The van der Waals surface area contributed by atoms with Crippen LogP contribution in [0.1, 0.15) is 17.0 Å². The Morgan fingerprint density at radius 2 is 2.05 bits per heavy atom. The van der Waals surface area contributed by atoms with Crippen LogP contribution in [0.5, 0.6) is 0 Å². The summed E-state index contributed by atoms with van der Waals surface area (Å²) < 4.78 is 7.11. The first kappa shape index (κ1) is 14.5. The van der Waals surface area contributed by atoms with Gasteiger partial charge in [-0.15, -0.1) is 11.3 Å². The molecule has 5 heteroatoms. The maximum Gasteiger partial charge on any atom is 0.205 e. The van der Waals surface area contributed by atoms with Crippen molar-refractivity contribution in [1.82, 2.24) is 4.68 Å². The molecule has 0 aliphatic carbocycles. The molecule has 0 aliphatic rings. The van der Waals surface area contributed by atoms with Crippen molar-refractivity contribution in [2.45, 2.75) is 13.3 Å². The molecule has 0 bridgehead atoms. The number of hydrogen-bond acceptors (Lipinski definition) is 4. The van der Waals surface area contributed by atoms with Gasteiger partial charge in [0.2, 0.25) is 4.80 Å². The third kappa shape index (κ3) is 3.62. The summed E-state index contributed by atoms with van der Waals surface area (Å²) in [7, 11) is 0. The smallest absolute Gasteiger partial charge is 0.205 e. The van der Waals surface area contributed by atoms with Crippen molar-refractivity contribution in [3.8, 4) is 0 Å². The Hall–Kier alpha value is -2.40. The quantitative estimate of drug-likeness (QED) is 0.665. The van der Waals surface area contributed by atoms with E-state index in [0.717, 1.165) is 29.2 Å². The maximum absolute atomic E-state index is 5.26. The van der Waals surface area contributed by atoms with Crippen LogP contribution in [0.3, 0.4) is 0 Å². The molecule has 3 rings (SSSR count). The molecule has 0 saturated heterocycles. The molecule has 0 saturated carbocycles. The van der Waals surface area contributed by atoms with Crippen LogP contribution in [-0.4, -0.2) is 17.4 Å². The molecule has 0 spiro atoms. The SMILES string of the molecule is Cc1csc(=NCCc2ccccc2)n1N=Cc1ccco1. The lowest BCUT2D eigenvalue weighted by molar-refractivity contribution is 0.559. The van der Waals surface area contributed by atoms with Crippen molar-refractivity contribution in [1.29, 1.82) is 0 Å². The van der Waals surface area contributed by atoms with Gasteiger partial charge in [-0.25, -0.2) is 4.68 Å². The summed E-state index contributed by atoms with van der Waals surface area (Å²) in [6, 6.07) is 14.1. The Kier molecular flexibility index (Phi) is 4.65. The average Bonchev–Trinajstić information content (AvgIpc) is 3.17. The van der Waals surface area contributed by atoms with E-state index in [1.807, 2.05) is 29.8 Å². The fourth-order valence-electron chi connectivity index (χ4n) is 2.04. The van der Waals surface area contributed by atoms with Gasteiger partial charge in [-0.3, -0.25) is 4.99 Å². The summed E-state index contributed by atoms with van der Waals surface area (Å²) in [6.07, 6.45) is 4.27. The molecule has 0 amide bonds. The normalized spacial score (nSPS) is 12.3. The first-order valence-electron chi connectivity index (χ1n) is 7.12. The third-order valence-corrected chi connectivity index (χ3v) is 4.16. The predicted octanol–water partition coefficient (Wildman–Crippen LogP) is 3.48. The number of nitrogens with zero attached hydrogens (tertiary/aromatic N) is 3. The minimum atomic E-state index is 0.730. The van der Waals surface area contributed by atoms with E-state index in [1.165, 1.54) is 5.56 Å². The molecule has 112 valence electrons. The molecule has 2 heterocycles. The highest BCUT2D eigenvalue weighted by atomic mass is 32.1. The minimum Gasteiger partial charge on any atom is -0.463 e. The molecule has 0 aliphatic heterocycles. The first-order chi connectivity index (χ1) is 10.8. The van der Waals surface area contributed by atoms with Gasteiger partial charge in [0, 0.05) is 11.9 Å². The van der Waals surface area contributed by atoms with Crippen molar-refractivity contribution in [3.63, 3.8) is 0 Å². The fraction of sp³-hybridized carbons (Fsp3) is 0.176. The van der Waals surface area contributed by atoms with Gasteiger partial charge in [0.1, 0.15) is 5.76 Å². The van der Waals surface area contributed by atoms with E-state index in [4.69, 9.17) is 4.42 Å². The molecule has 3 aromatic rings. The number of benzene rings is 1. The summed E-state index contributed by atoms with van der Waals surface area (Å²) in [6.45, 7) is 2.77. The van der Waals surface area contributed by atoms with Crippen LogP contribution in [0.4, 0.5) is 0 Å². The molecule has 22 heavy (non-hydrogen) atoms. The van der Waals surface area contributed by atoms with Crippen molar-refractivity contribution in [2.24, 2.45) is 10.1 Å². The lowest BCUT2D eigenvalue weighted by atomic mass is 10.2. The maximum atomic E-state index is 5.26. The Balaban J connectivity index is 1.75. The van der Waals surface area contributed by atoms with Gasteiger partial charge in [-0.05, 0) is 31.0 Å². The first-order valence-corrected chi connectivity index (χ1v) is 8.00. The van der Waals surface area contributed by atoms with Crippen LogP contribution in [0.2, 0.25) is 0 Å². The van der Waals surface area contributed by atoms with Gasteiger partial charge >= 0.3 is 0 Å². The van der Waals surface area contributed by atoms with Crippen molar-refractivity contribution in [2.75, 3.05) is 6.54 Å². The summed E-state index contributed by atoms with van der Waals surface area (Å²) in [5.41, 5.74) is 2.36. The van der Waals surface area contributed by atoms with Crippen molar-refractivity contribution >= 4 is 17.6 Å². The van der Waals surface area contributed by atoms with E-state index in [1.54, 1.807) is 23.8 Å². The van der Waals surface area contributed by atoms with Crippen LogP contribution in [0.25, 0.3) is 0 Å². The lowest BCUT2D eigenvalue weighted by Gasteiger charge is -1.98. The molecule has 0 radical (unpaired) electrons. The zero-order chi connectivity index (χ0) is 15.2. The Bertz CT molecular complexity index is 798. The monoisotopic (exact) mass is 311 g/mol. The average molecular weight is 311 g/mol.